The Morgan fingerprint density at radius 2 is 1.78 bits per heavy atom. The Morgan fingerprint density at radius 3 is 2.22 bits per heavy atom. The third-order valence-electron chi connectivity index (χ3n) is 2.55. The maximum absolute atomic E-state index is 12.7. The summed E-state index contributed by atoms with van der Waals surface area (Å²) in [5.41, 5.74) is -2.34. The third-order valence-corrected chi connectivity index (χ3v) is 2.55. The summed E-state index contributed by atoms with van der Waals surface area (Å²) in [4.78, 5) is 11.4. The Morgan fingerprint density at radius 1 is 1.22 bits per heavy atom. The summed E-state index contributed by atoms with van der Waals surface area (Å²) in [5.74, 6) is -1.46. The predicted molar refractivity (Wildman–Crippen MR) is 57.7 cm³/mol. The van der Waals surface area contributed by atoms with E-state index in [1.165, 1.54) is 0 Å². The van der Waals surface area contributed by atoms with Gasteiger partial charge in [0.2, 0.25) is 0 Å². The van der Waals surface area contributed by atoms with Gasteiger partial charge in [0.25, 0.3) is 5.60 Å². The molecule has 6 heteroatoms. The summed E-state index contributed by atoms with van der Waals surface area (Å²) < 4.78 is 46.8. The van der Waals surface area contributed by atoms with Gasteiger partial charge in [-0.2, -0.15) is 13.2 Å². The number of rotatable bonds is 4. The monoisotopic (exact) mass is 262 g/mol. The van der Waals surface area contributed by atoms with Crippen molar-refractivity contribution < 1.29 is 27.4 Å². The zero-order valence-corrected chi connectivity index (χ0v) is 9.95. The number of halogens is 3. The van der Waals surface area contributed by atoms with Gasteiger partial charge in [0, 0.05) is 7.11 Å². The maximum atomic E-state index is 12.7. The smallest absolute Gasteiger partial charge is 0.428 e. The quantitative estimate of drug-likeness (QED) is 0.783. The number of benzene rings is 1. The van der Waals surface area contributed by atoms with Crippen molar-refractivity contribution >= 4 is 5.97 Å². The molecule has 18 heavy (non-hydrogen) atoms. The maximum Gasteiger partial charge on any atom is 0.428 e. The van der Waals surface area contributed by atoms with Crippen molar-refractivity contribution in [3.05, 3.63) is 35.9 Å². The standard InChI is InChI=1S/C12H13F3O3/c1-11(17-2,12(13,14)15)10(16)18-8-9-6-4-3-5-7-9/h3-7H,8H2,1-2H3/t11-/m1/s1. The van der Waals surface area contributed by atoms with Crippen molar-refractivity contribution in [2.24, 2.45) is 0 Å². The molecule has 0 amide bonds. The molecule has 0 saturated heterocycles. The highest BCUT2D eigenvalue weighted by molar-refractivity contribution is 5.80. The number of alkyl halides is 3. The highest BCUT2D eigenvalue weighted by atomic mass is 19.4. The van der Waals surface area contributed by atoms with Crippen molar-refractivity contribution in [2.75, 3.05) is 7.11 Å². The first-order chi connectivity index (χ1) is 8.31. The number of hydrogen-bond donors (Lipinski definition) is 0. The van der Waals surface area contributed by atoms with Gasteiger partial charge in [-0.1, -0.05) is 30.3 Å². The molecule has 0 aliphatic carbocycles. The van der Waals surface area contributed by atoms with E-state index < -0.39 is 17.7 Å². The van der Waals surface area contributed by atoms with Crippen LogP contribution in [0.1, 0.15) is 12.5 Å². The van der Waals surface area contributed by atoms with E-state index in [1.54, 1.807) is 30.3 Å². The molecule has 0 bridgehead atoms. The van der Waals surface area contributed by atoms with Gasteiger partial charge >= 0.3 is 12.1 Å². The third kappa shape index (κ3) is 3.01. The Hall–Kier alpha value is -1.56. The molecule has 0 fully saturated rings. The van der Waals surface area contributed by atoms with Crippen LogP contribution in [0.3, 0.4) is 0 Å². The predicted octanol–water partition coefficient (Wildman–Crippen LogP) is 2.70. The topological polar surface area (TPSA) is 35.5 Å². The summed E-state index contributed by atoms with van der Waals surface area (Å²) in [5, 5.41) is 0. The normalized spacial score (nSPS) is 14.9. The van der Waals surface area contributed by atoms with Crippen molar-refractivity contribution in [3.63, 3.8) is 0 Å². The minimum atomic E-state index is -4.82. The fraction of sp³-hybridized carbons (Fsp3) is 0.417. The molecule has 0 spiro atoms. The number of carbonyl (C=O) groups is 1. The first-order valence-electron chi connectivity index (χ1n) is 5.14. The van der Waals surface area contributed by atoms with Gasteiger partial charge in [0.05, 0.1) is 0 Å². The van der Waals surface area contributed by atoms with Crippen molar-refractivity contribution in [3.8, 4) is 0 Å². The number of methoxy groups -OCH3 is 1. The van der Waals surface area contributed by atoms with Crippen LogP contribution >= 0.6 is 0 Å². The minimum absolute atomic E-state index is 0.227. The van der Waals surface area contributed by atoms with Gasteiger partial charge in [-0.25, -0.2) is 4.79 Å². The molecule has 0 saturated carbocycles. The van der Waals surface area contributed by atoms with Gasteiger partial charge in [0.1, 0.15) is 6.61 Å². The lowest BCUT2D eigenvalue weighted by Gasteiger charge is -2.27. The zero-order valence-electron chi connectivity index (χ0n) is 9.95. The summed E-state index contributed by atoms with van der Waals surface area (Å²) in [6, 6.07) is 8.43. The molecule has 0 aromatic heterocycles. The van der Waals surface area contributed by atoms with E-state index >= 15 is 0 Å². The Labute approximate surface area is 103 Å². The number of esters is 1. The van der Waals surface area contributed by atoms with Crippen molar-refractivity contribution in [2.45, 2.75) is 25.3 Å². The molecular formula is C12H13F3O3. The van der Waals surface area contributed by atoms with E-state index in [0.717, 1.165) is 7.11 Å². The largest absolute Gasteiger partial charge is 0.458 e. The molecule has 1 aromatic carbocycles. The van der Waals surface area contributed by atoms with Gasteiger partial charge in [-0.15, -0.1) is 0 Å². The van der Waals surface area contributed by atoms with Gasteiger partial charge in [-0.05, 0) is 12.5 Å². The highest BCUT2D eigenvalue weighted by Crippen LogP contribution is 2.34. The lowest BCUT2D eigenvalue weighted by molar-refractivity contribution is -0.265. The molecule has 1 aromatic rings. The Kier molecular flexibility index (Phi) is 4.34. The van der Waals surface area contributed by atoms with E-state index in [4.69, 9.17) is 0 Å². The highest BCUT2D eigenvalue weighted by Gasteiger charge is 2.59. The Bertz CT molecular complexity index is 403. The minimum Gasteiger partial charge on any atom is -0.458 e. The van der Waals surface area contributed by atoms with E-state index in [0.29, 0.717) is 12.5 Å². The van der Waals surface area contributed by atoms with Crippen LogP contribution in [-0.4, -0.2) is 24.9 Å². The van der Waals surface area contributed by atoms with Crippen LogP contribution in [0.4, 0.5) is 13.2 Å². The fourth-order valence-corrected chi connectivity index (χ4v) is 1.18. The van der Waals surface area contributed by atoms with Crippen molar-refractivity contribution in [1.82, 2.24) is 0 Å². The van der Waals surface area contributed by atoms with E-state index in [-0.39, 0.29) is 6.61 Å². The molecule has 1 atom stereocenters. The SMILES string of the molecule is CO[C@](C)(C(=O)OCc1ccccc1)C(F)(F)F. The number of hydrogen-bond acceptors (Lipinski definition) is 3. The lowest BCUT2D eigenvalue weighted by atomic mass is 10.1. The molecule has 0 aliphatic heterocycles. The van der Waals surface area contributed by atoms with E-state index in [9.17, 15) is 18.0 Å². The molecule has 0 aliphatic rings. The van der Waals surface area contributed by atoms with Gasteiger partial charge in [0.15, 0.2) is 0 Å². The van der Waals surface area contributed by atoms with Crippen LogP contribution in [-0.2, 0) is 20.9 Å². The van der Waals surface area contributed by atoms with Crippen LogP contribution in [0.15, 0.2) is 30.3 Å². The lowest BCUT2D eigenvalue weighted by Crippen LogP contribution is -2.51. The molecule has 0 N–H and O–H groups in total. The summed E-state index contributed by atoms with van der Waals surface area (Å²) in [7, 11) is 0.817. The Balaban J connectivity index is 2.70. The molecule has 0 heterocycles. The van der Waals surface area contributed by atoms with Crippen LogP contribution in [0, 0.1) is 0 Å². The van der Waals surface area contributed by atoms with Crippen LogP contribution in [0.5, 0.6) is 0 Å². The molecule has 3 nitrogen and oxygen atoms in total. The fourth-order valence-electron chi connectivity index (χ4n) is 1.18. The average Bonchev–Trinajstić information content (AvgIpc) is 2.34. The molecule has 0 radical (unpaired) electrons. The van der Waals surface area contributed by atoms with Crippen LogP contribution in [0.25, 0.3) is 0 Å². The van der Waals surface area contributed by atoms with E-state index in [1.807, 2.05) is 0 Å². The summed E-state index contributed by atoms with van der Waals surface area (Å²) >= 11 is 0. The number of ether oxygens (including phenoxy) is 2. The van der Waals surface area contributed by atoms with Crippen LogP contribution in [0.2, 0.25) is 0 Å². The molecule has 100 valence electrons. The first-order valence-corrected chi connectivity index (χ1v) is 5.14. The van der Waals surface area contributed by atoms with Gasteiger partial charge < -0.3 is 9.47 Å². The number of carbonyl (C=O) groups excluding carboxylic acids is 1. The molecular weight excluding hydrogens is 249 g/mol. The summed E-state index contributed by atoms with van der Waals surface area (Å²) in [6.07, 6.45) is -4.82. The molecule has 1 rings (SSSR count). The second-order valence-electron chi connectivity index (χ2n) is 3.80. The van der Waals surface area contributed by atoms with Crippen LogP contribution < -0.4 is 0 Å². The molecule has 0 unspecified atom stereocenters. The van der Waals surface area contributed by atoms with E-state index in [2.05, 4.69) is 9.47 Å². The summed E-state index contributed by atoms with van der Waals surface area (Å²) in [6.45, 7) is 0.412. The first kappa shape index (κ1) is 14.5. The second kappa shape index (κ2) is 5.39. The van der Waals surface area contributed by atoms with Gasteiger partial charge in [-0.3, -0.25) is 0 Å². The average molecular weight is 262 g/mol. The van der Waals surface area contributed by atoms with Crippen molar-refractivity contribution in [1.29, 1.82) is 0 Å². The second-order valence-corrected chi connectivity index (χ2v) is 3.80. The zero-order chi connectivity index (χ0) is 13.8.